The van der Waals surface area contributed by atoms with Crippen molar-refractivity contribution in [1.82, 2.24) is 5.32 Å². The van der Waals surface area contributed by atoms with Crippen LogP contribution in [0, 0.1) is 0 Å². The van der Waals surface area contributed by atoms with Gasteiger partial charge in [-0.1, -0.05) is 43.3 Å². The highest BCUT2D eigenvalue weighted by Crippen LogP contribution is 2.17. The summed E-state index contributed by atoms with van der Waals surface area (Å²) in [5, 5.41) is 5.87. The molecule has 0 spiro atoms. The molecule has 2 aromatic carbocycles. The fourth-order valence-electron chi connectivity index (χ4n) is 1.97. The highest BCUT2D eigenvalue weighted by molar-refractivity contribution is 7.80. The van der Waals surface area contributed by atoms with Crippen LogP contribution in [-0.2, 0) is 11.2 Å². The van der Waals surface area contributed by atoms with Gasteiger partial charge in [-0.3, -0.25) is 4.79 Å². The molecular weight excluding hydrogens is 308 g/mol. The predicted octanol–water partition coefficient (Wildman–Crippen LogP) is 3.53. The second-order valence-corrected chi connectivity index (χ2v) is 5.38. The lowest BCUT2D eigenvalue weighted by Gasteiger charge is -2.11. The lowest BCUT2D eigenvalue weighted by atomic mass is 10.2. The van der Waals surface area contributed by atoms with Crippen LogP contribution in [0.25, 0.3) is 0 Å². The molecule has 0 aliphatic heterocycles. The van der Waals surface area contributed by atoms with Gasteiger partial charge >= 0.3 is 0 Å². The van der Waals surface area contributed by atoms with E-state index in [0.29, 0.717) is 18.1 Å². The Bertz CT molecular complexity index is 659. The Morgan fingerprint density at radius 2 is 1.91 bits per heavy atom. The van der Waals surface area contributed by atoms with E-state index in [0.717, 1.165) is 17.9 Å². The fourth-order valence-corrected chi connectivity index (χ4v) is 2.20. The average molecular weight is 328 g/mol. The molecule has 23 heavy (non-hydrogen) atoms. The Morgan fingerprint density at radius 3 is 2.65 bits per heavy atom. The first-order valence-corrected chi connectivity index (χ1v) is 7.96. The van der Waals surface area contributed by atoms with E-state index in [-0.39, 0.29) is 5.91 Å². The summed E-state index contributed by atoms with van der Waals surface area (Å²) in [7, 11) is 0. The highest BCUT2D eigenvalue weighted by atomic mass is 32.1. The van der Waals surface area contributed by atoms with Gasteiger partial charge in [-0.25, -0.2) is 0 Å². The van der Waals surface area contributed by atoms with E-state index >= 15 is 0 Å². The zero-order chi connectivity index (χ0) is 16.5. The summed E-state index contributed by atoms with van der Waals surface area (Å²) in [5.41, 5.74) is 2.02. The van der Waals surface area contributed by atoms with Crippen LogP contribution in [0.1, 0.15) is 18.9 Å². The van der Waals surface area contributed by atoms with Gasteiger partial charge in [0.25, 0.3) is 0 Å². The molecule has 5 heteroatoms. The first kappa shape index (κ1) is 17.0. The number of anilines is 1. The van der Waals surface area contributed by atoms with Gasteiger partial charge in [-0.2, -0.15) is 0 Å². The van der Waals surface area contributed by atoms with E-state index in [1.54, 1.807) is 6.92 Å². The van der Waals surface area contributed by atoms with E-state index in [1.165, 1.54) is 5.56 Å². The number of amides is 1. The van der Waals surface area contributed by atoms with Gasteiger partial charge in [0.05, 0.1) is 6.61 Å². The minimum absolute atomic E-state index is 0.113. The second-order valence-electron chi connectivity index (χ2n) is 4.97. The number of nitrogens with one attached hydrogen (secondary N) is 2. The molecule has 0 saturated heterocycles. The number of rotatable bonds is 6. The first-order chi connectivity index (χ1) is 11.2. The normalized spacial score (nSPS) is 9.96. The van der Waals surface area contributed by atoms with Crippen molar-refractivity contribution < 1.29 is 9.53 Å². The maximum Gasteiger partial charge on any atom is 0.225 e. The standard InChI is InChI=1S/C18H20N2O2S/c1-2-17(21)20-18(23)19-15-9-6-10-16(13-15)22-12-11-14-7-4-3-5-8-14/h3-10,13H,2,11-12H2,1H3,(H2,19,20,21,23). The predicted molar refractivity (Wildman–Crippen MR) is 96.7 cm³/mol. The molecule has 0 aliphatic carbocycles. The average Bonchev–Trinajstić information content (AvgIpc) is 2.56. The third-order valence-corrected chi connectivity index (χ3v) is 3.37. The van der Waals surface area contributed by atoms with Gasteiger partial charge in [0.15, 0.2) is 5.11 Å². The molecule has 120 valence electrons. The monoisotopic (exact) mass is 328 g/mol. The fraction of sp³-hybridized carbons (Fsp3) is 0.222. The molecular formula is C18H20N2O2S. The molecule has 0 heterocycles. The number of ether oxygens (including phenoxy) is 1. The number of carbonyl (C=O) groups is 1. The van der Waals surface area contributed by atoms with Crippen LogP contribution in [0.4, 0.5) is 5.69 Å². The number of hydrogen-bond donors (Lipinski definition) is 2. The molecule has 0 aromatic heterocycles. The number of carbonyl (C=O) groups excluding carboxylic acids is 1. The number of thiocarbonyl (C=S) groups is 1. The summed E-state index contributed by atoms with van der Waals surface area (Å²) in [4.78, 5) is 11.3. The van der Waals surface area contributed by atoms with Gasteiger partial charge in [-0.15, -0.1) is 0 Å². The van der Waals surface area contributed by atoms with Crippen molar-refractivity contribution >= 4 is 28.9 Å². The van der Waals surface area contributed by atoms with Gasteiger partial charge in [0.2, 0.25) is 5.91 Å². The van der Waals surface area contributed by atoms with Gasteiger partial charge in [0, 0.05) is 24.6 Å². The smallest absolute Gasteiger partial charge is 0.225 e. The zero-order valence-electron chi connectivity index (χ0n) is 13.0. The van der Waals surface area contributed by atoms with Crippen LogP contribution in [-0.4, -0.2) is 17.6 Å². The molecule has 2 N–H and O–H groups in total. The van der Waals surface area contributed by atoms with Crippen molar-refractivity contribution in [1.29, 1.82) is 0 Å². The Hall–Kier alpha value is -2.40. The lowest BCUT2D eigenvalue weighted by molar-refractivity contribution is -0.119. The Kier molecular flexibility index (Phi) is 6.56. The van der Waals surface area contributed by atoms with E-state index in [1.807, 2.05) is 42.5 Å². The summed E-state index contributed by atoms with van der Waals surface area (Å²) >= 11 is 5.09. The van der Waals surface area contributed by atoms with E-state index in [4.69, 9.17) is 17.0 Å². The quantitative estimate of drug-likeness (QED) is 0.797. The summed E-state index contributed by atoms with van der Waals surface area (Å²) in [6.45, 7) is 2.38. The maximum absolute atomic E-state index is 11.3. The highest BCUT2D eigenvalue weighted by Gasteiger charge is 2.03. The van der Waals surface area contributed by atoms with Crippen molar-refractivity contribution in [2.45, 2.75) is 19.8 Å². The molecule has 1 amide bonds. The minimum Gasteiger partial charge on any atom is -0.493 e. The first-order valence-electron chi connectivity index (χ1n) is 7.55. The van der Waals surface area contributed by atoms with Gasteiger partial charge < -0.3 is 15.4 Å². The molecule has 0 fully saturated rings. The molecule has 0 unspecified atom stereocenters. The number of hydrogen-bond acceptors (Lipinski definition) is 3. The minimum atomic E-state index is -0.113. The molecule has 0 aliphatic rings. The van der Waals surface area contributed by atoms with Crippen molar-refractivity contribution in [2.24, 2.45) is 0 Å². The third-order valence-electron chi connectivity index (χ3n) is 3.17. The van der Waals surface area contributed by atoms with Crippen LogP contribution in [0.5, 0.6) is 5.75 Å². The van der Waals surface area contributed by atoms with Gasteiger partial charge in [0.1, 0.15) is 5.75 Å². The summed E-state index contributed by atoms with van der Waals surface area (Å²) < 4.78 is 5.76. The topological polar surface area (TPSA) is 50.4 Å². The van der Waals surface area contributed by atoms with Crippen LogP contribution in [0.15, 0.2) is 54.6 Å². The molecule has 0 saturated carbocycles. The van der Waals surface area contributed by atoms with Crippen molar-refractivity contribution in [3.05, 3.63) is 60.2 Å². The van der Waals surface area contributed by atoms with Crippen molar-refractivity contribution in [3.63, 3.8) is 0 Å². The van der Waals surface area contributed by atoms with E-state index in [9.17, 15) is 4.79 Å². The SMILES string of the molecule is CCC(=O)NC(=S)Nc1cccc(OCCc2ccccc2)c1. The summed E-state index contributed by atoms with van der Waals surface area (Å²) in [5.74, 6) is 0.647. The van der Waals surface area contributed by atoms with Crippen LogP contribution >= 0.6 is 12.2 Å². The van der Waals surface area contributed by atoms with Crippen LogP contribution in [0.3, 0.4) is 0 Å². The molecule has 2 aromatic rings. The molecule has 0 radical (unpaired) electrons. The molecule has 0 atom stereocenters. The maximum atomic E-state index is 11.3. The van der Waals surface area contributed by atoms with Gasteiger partial charge in [-0.05, 0) is 29.9 Å². The second kappa shape index (κ2) is 8.90. The van der Waals surface area contributed by atoms with E-state index in [2.05, 4.69) is 22.8 Å². The van der Waals surface area contributed by atoms with Crippen LogP contribution in [0.2, 0.25) is 0 Å². The van der Waals surface area contributed by atoms with Crippen molar-refractivity contribution in [2.75, 3.05) is 11.9 Å². The lowest BCUT2D eigenvalue weighted by Crippen LogP contribution is -2.33. The summed E-state index contributed by atoms with van der Waals surface area (Å²) in [6, 6.07) is 17.7. The molecule has 0 bridgehead atoms. The largest absolute Gasteiger partial charge is 0.493 e. The Labute approximate surface area is 141 Å². The molecule has 2 rings (SSSR count). The third kappa shape index (κ3) is 6.08. The Balaban J connectivity index is 1.84. The Morgan fingerprint density at radius 1 is 1.13 bits per heavy atom. The molecule has 4 nitrogen and oxygen atoms in total. The van der Waals surface area contributed by atoms with E-state index < -0.39 is 0 Å². The number of benzene rings is 2. The van der Waals surface area contributed by atoms with Crippen molar-refractivity contribution in [3.8, 4) is 5.75 Å². The summed E-state index contributed by atoms with van der Waals surface area (Å²) in [6.07, 6.45) is 1.24. The van der Waals surface area contributed by atoms with Crippen LogP contribution < -0.4 is 15.4 Å². The zero-order valence-corrected chi connectivity index (χ0v) is 13.9.